The lowest BCUT2D eigenvalue weighted by atomic mass is 10.1. The van der Waals surface area contributed by atoms with Crippen molar-refractivity contribution in [2.75, 3.05) is 11.9 Å². The van der Waals surface area contributed by atoms with Crippen molar-refractivity contribution in [1.29, 1.82) is 0 Å². The molecule has 112 valence electrons. The number of aromatic nitrogens is 1. The van der Waals surface area contributed by atoms with Crippen molar-refractivity contribution < 1.29 is 13.2 Å². The number of halogens is 4. The van der Waals surface area contributed by atoms with Gasteiger partial charge in [0.15, 0.2) is 0 Å². The summed E-state index contributed by atoms with van der Waals surface area (Å²) < 4.78 is 37.5. The highest BCUT2D eigenvalue weighted by Crippen LogP contribution is 2.32. The minimum absolute atomic E-state index is 0.0328. The first-order valence-corrected chi connectivity index (χ1v) is 6.77. The van der Waals surface area contributed by atoms with Crippen LogP contribution < -0.4 is 5.32 Å². The molecule has 0 saturated heterocycles. The molecule has 0 spiro atoms. The number of hydrogen-bond donors (Lipinski definition) is 1. The monoisotopic (exact) mass is 314 g/mol. The molecule has 21 heavy (non-hydrogen) atoms. The lowest BCUT2D eigenvalue weighted by Crippen LogP contribution is -2.10. The Hall–Kier alpha value is -1.75. The lowest BCUT2D eigenvalue weighted by Gasteiger charge is -2.11. The molecule has 0 aliphatic carbocycles. The fraction of sp³-hybridized carbons (Fsp3) is 0.267. The van der Waals surface area contributed by atoms with Gasteiger partial charge >= 0.3 is 6.18 Å². The first-order valence-electron chi connectivity index (χ1n) is 6.39. The Labute approximate surface area is 126 Å². The number of alkyl halides is 3. The largest absolute Gasteiger partial charge is 0.417 e. The van der Waals surface area contributed by atoms with Gasteiger partial charge in [0.2, 0.25) is 0 Å². The lowest BCUT2D eigenvalue weighted by molar-refractivity contribution is -0.137. The summed E-state index contributed by atoms with van der Waals surface area (Å²) in [6, 6.07) is 8.81. The average molecular weight is 315 g/mol. The Kier molecular flexibility index (Phi) is 4.73. The predicted molar refractivity (Wildman–Crippen MR) is 77.6 cm³/mol. The quantitative estimate of drug-likeness (QED) is 0.883. The predicted octanol–water partition coefficient (Wildman–Crippen LogP) is 4.72. The molecular formula is C15H14ClF3N2. The molecule has 1 heterocycles. The van der Waals surface area contributed by atoms with Crippen molar-refractivity contribution >= 4 is 17.4 Å². The second kappa shape index (κ2) is 6.35. The number of benzene rings is 1. The van der Waals surface area contributed by atoms with E-state index in [2.05, 4.69) is 10.3 Å². The van der Waals surface area contributed by atoms with Crippen molar-refractivity contribution in [3.8, 4) is 0 Å². The van der Waals surface area contributed by atoms with Crippen LogP contribution in [0.1, 0.15) is 16.7 Å². The zero-order valence-corrected chi connectivity index (χ0v) is 12.1. The van der Waals surface area contributed by atoms with Crippen molar-refractivity contribution in [2.24, 2.45) is 0 Å². The van der Waals surface area contributed by atoms with E-state index in [0.717, 1.165) is 18.7 Å². The topological polar surface area (TPSA) is 24.9 Å². The third-order valence-corrected chi connectivity index (χ3v) is 3.40. The van der Waals surface area contributed by atoms with E-state index in [1.807, 2.05) is 31.2 Å². The Morgan fingerprint density at radius 1 is 1.24 bits per heavy atom. The summed E-state index contributed by atoms with van der Waals surface area (Å²) in [5.41, 5.74) is 1.50. The van der Waals surface area contributed by atoms with Gasteiger partial charge in [-0.1, -0.05) is 35.9 Å². The van der Waals surface area contributed by atoms with Crippen LogP contribution in [0.2, 0.25) is 5.02 Å². The smallest absolute Gasteiger partial charge is 0.369 e. The number of anilines is 1. The standard InChI is InChI=1S/C15H14ClF3N2/c1-10-4-2-3-5-11(10)6-7-20-14-13(16)8-12(9-21-14)15(17,18)19/h2-5,8-9H,6-7H2,1H3,(H,20,21). The first kappa shape index (κ1) is 15.6. The number of hydrogen-bond acceptors (Lipinski definition) is 2. The van der Waals surface area contributed by atoms with Crippen molar-refractivity contribution in [3.05, 3.63) is 58.2 Å². The second-order valence-corrected chi connectivity index (χ2v) is 5.06. The van der Waals surface area contributed by atoms with E-state index in [9.17, 15) is 13.2 Å². The van der Waals surface area contributed by atoms with Gasteiger partial charge in [0.05, 0.1) is 10.6 Å². The zero-order chi connectivity index (χ0) is 15.5. The SMILES string of the molecule is Cc1ccccc1CCNc1ncc(C(F)(F)F)cc1Cl. The molecule has 0 fully saturated rings. The van der Waals surface area contributed by atoms with E-state index in [4.69, 9.17) is 11.6 Å². The number of rotatable bonds is 4. The van der Waals surface area contributed by atoms with Crippen molar-refractivity contribution in [3.63, 3.8) is 0 Å². The number of nitrogens with zero attached hydrogens (tertiary/aromatic N) is 1. The molecule has 0 amide bonds. The maximum atomic E-state index is 12.5. The van der Waals surface area contributed by atoms with Crippen LogP contribution in [-0.4, -0.2) is 11.5 Å². The van der Waals surface area contributed by atoms with E-state index in [1.165, 1.54) is 11.1 Å². The van der Waals surface area contributed by atoms with Gasteiger partial charge in [-0.25, -0.2) is 4.98 Å². The van der Waals surface area contributed by atoms with Gasteiger partial charge in [0, 0.05) is 12.7 Å². The molecule has 0 aliphatic heterocycles. The van der Waals surface area contributed by atoms with E-state index >= 15 is 0 Å². The highest BCUT2D eigenvalue weighted by molar-refractivity contribution is 6.32. The minimum atomic E-state index is -4.43. The molecule has 0 radical (unpaired) electrons. The fourth-order valence-electron chi connectivity index (χ4n) is 1.93. The Morgan fingerprint density at radius 3 is 2.57 bits per heavy atom. The minimum Gasteiger partial charge on any atom is -0.369 e. The molecule has 2 aromatic rings. The van der Waals surface area contributed by atoms with Crippen LogP contribution in [0.25, 0.3) is 0 Å². The second-order valence-electron chi connectivity index (χ2n) is 4.66. The van der Waals surface area contributed by atoms with Gasteiger partial charge < -0.3 is 5.32 Å². The van der Waals surface area contributed by atoms with E-state index in [-0.39, 0.29) is 10.8 Å². The molecule has 0 saturated carbocycles. The van der Waals surface area contributed by atoms with Crippen LogP contribution in [0.5, 0.6) is 0 Å². The highest BCUT2D eigenvalue weighted by Gasteiger charge is 2.31. The van der Waals surface area contributed by atoms with Crippen molar-refractivity contribution in [1.82, 2.24) is 4.98 Å². The maximum absolute atomic E-state index is 12.5. The molecule has 1 aromatic heterocycles. The third-order valence-electron chi connectivity index (χ3n) is 3.12. The van der Waals surface area contributed by atoms with Gasteiger partial charge in [-0.05, 0) is 30.5 Å². The van der Waals surface area contributed by atoms with E-state index < -0.39 is 11.7 Å². The van der Waals surface area contributed by atoms with Crippen LogP contribution in [0.15, 0.2) is 36.5 Å². The summed E-state index contributed by atoms with van der Waals surface area (Å²) in [5, 5.41) is 2.92. The number of nitrogens with one attached hydrogen (secondary N) is 1. The maximum Gasteiger partial charge on any atom is 0.417 e. The molecule has 0 aliphatic rings. The summed E-state index contributed by atoms with van der Waals surface area (Å²) in [6.07, 6.45) is -2.91. The zero-order valence-electron chi connectivity index (χ0n) is 11.3. The van der Waals surface area contributed by atoms with Crippen LogP contribution in [-0.2, 0) is 12.6 Å². The summed E-state index contributed by atoms with van der Waals surface area (Å²) in [7, 11) is 0. The fourth-order valence-corrected chi connectivity index (χ4v) is 2.16. The Morgan fingerprint density at radius 2 is 1.95 bits per heavy atom. The molecule has 1 N–H and O–H groups in total. The van der Waals surface area contributed by atoms with Gasteiger partial charge in [-0.15, -0.1) is 0 Å². The summed E-state index contributed by atoms with van der Waals surface area (Å²) in [5.74, 6) is 0.262. The van der Waals surface area contributed by atoms with Crippen LogP contribution in [0.4, 0.5) is 19.0 Å². The molecule has 2 nitrogen and oxygen atoms in total. The summed E-state index contributed by atoms with van der Waals surface area (Å²) >= 11 is 5.82. The van der Waals surface area contributed by atoms with Crippen molar-refractivity contribution in [2.45, 2.75) is 19.5 Å². The van der Waals surface area contributed by atoms with Crippen LogP contribution >= 0.6 is 11.6 Å². The van der Waals surface area contributed by atoms with E-state index in [1.54, 1.807) is 0 Å². The molecule has 0 unspecified atom stereocenters. The van der Waals surface area contributed by atoms with E-state index in [0.29, 0.717) is 6.54 Å². The Balaban J connectivity index is 2.00. The van der Waals surface area contributed by atoms with Gasteiger partial charge in [0.25, 0.3) is 0 Å². The van der Waals surface area contributed by atoms with Gasteiger partial charge in [-0.2, -0.15) is 13.2 Å². The molecule has 0 bridgehead atoms. The first-order chi connectivity index (χ1) is 9.88. The van der Waals surface area contributed by atoms with Crippen LogP contribution in [0.3, 0.4) is 0 Å². The third kappa shape index (κ3) is 4.11. The number of aryl methyl sites for hydroxylation is 1. The number of pyridine rings is 1. The van der Waals surface area contributed by atoms with Crippen LogP contribution in [0, 0.1) is 6.92 Å². The molecule has 6 heteroatoms. The van der Waals surface area contributed by atoms with Gasteiger partial charge in [-0.3, -0.25) is 0 Å². The summed E-state index contributed by atoms with van der Waals surface area (Å²) in [4.78, 5) is 3.74. The molecule has 1 aromatic carbocycles. The molecular weight excluding hydrogens is 301 g/mol. The average Bonchev–Trinajstić information content (AvgIpc) is 2.41. The normalized spacial score (nSPS) is 11.5. The molecule has 0 atom stereocenters. The summed E-state index contributed by atoms with van der Waals surface area (Å²) in [6.45, 7) is 2.56. The Bertz CT molecular complexity index is 627. The highest BCUT2D eigenvalue weighted by atomic mass is 35.5. The molecule has 2 rings (SSSR count). The van der Waals surface area contributed by atoms with Gasteiger partial charge in [0.1, 0.15) is 5.82 Å².